The van der Waals surface area contributed by atoms with E-state index in [9.17, 15) is 9.59 Å². The van der Waals surface area contributed by atoms with Crippen LogP contribution in [-0.4, -0.2) is 29.0 Å². The van der Waals surface area contributed by atoms with Crippen LogP contribution in [0.5, 0.6) is 0 Å². The number of anilines is 1. The molecule has 0 unspecified atom stereocenters. The highest BCUT2D eigenvalue weighted by Gasteiger charge is 2.20. The lowest BCUT2D eigenvalue weighted by atomic mass is 10.1. The molecule has 0 bridgehead atoms. The van der Waals surface area contributed by atoms with Crippen LogP contribution < -0.4 is 5.32 Å². The molecule has 0 saturated carbocycles. The number of nitrogens with one attached hydrogen (secondary N) is 1. The maximum absolute atomic E-state index is 12.7. The van der Waals surface area contributed by atoms with Crippen LogP contribution in [0.25, 0.3) is 10.7 Å². The normalized spacial score (nSPS) is 10.4. The summed E-state index contributed by atoms with van der Waals surface area (Å²) in [6, 6.07) is 10.7. The number of ether oxygens (including phenoxy) is 1. The zero-order valence-corrected chi connectivity index (χ0v) is 15.4. The molecule has 1 N–H and O–H groups in total. The monoisotopic (exact) mass is 367 g/mol. The fourth-order valence-corrected chi connectivity index (χ4v) is 3.37. The van der Waals surface area contributed by atoms with Gasteiger partial charge in [0, 0.05) is 6.20 Å². The zero-order chi connectivity index (χ0) is 18.7. The van der Waals surface area contributed by atoms with Crippen molar-refractivity contribution in [3.05, 3.63) is 64.3 Å². The van der Waals surface area contributed by atoms with Gasteiger partial charge in [0.15, 0.2) is 0 Å². The number of aromatic nitrogens is 2. The maximum atomic E-state index is 12.7. The van der Waals surface area contributed by atoms with Gasteiger partial charge in [-0.05, 0) is 38.1 Å². The summed E-state index contributed by atoms with van der Waals surface area (Å²) in [4.78, 5) is 33.9. The molecule has 0 saturated heterocycles. The summed E-state index contributed by atoms with van der Waals surface area (Å²) in [7, 11) is 1.31. The number of rotatable bonds is 4. The van der Waals surface area contributed by atoms with Gasteiger partial charge in [-0.1, -0.05) is 17.7 Å². The molecule has 0 atom stereocenters. The number of hydrogen-bond donors (Lipinski definition) is 1. The summed E-state index contributed by atoms with van der Waals surface area (Å²) in [6.45, 7) is 3.64. The fraction of sp³-hybridized carbons (Fsp3) is 0.158. The third-order valence-corrected chi connectivity index (χ3v) is 4.89. The summed E-state index contributed by atoms with van der Waals surface area (Å²) in [5, 5.41) is 3.46. The summed E-state index contributed by atoms with van der Waals surface area (Å²) >= 11 is 1.26. The van der Waals surface area contributed by atoms with Gasteiger partial charge in [-0.25, -0.2) is 9.78 Å². The molecule has 1 aromatic carbocycles. The number of hydrogen-bond acceptors (Lipinski definition) is 6. The van der Waals surface area contributed by atoms with Crippen molar-refractivity contribution < 1.29 is 14.3 Å². The fourth-order valence-electron chi connectivity index (χ4n) is 2.43. The third kappa shape index (κ3) is 3.62. The highest BCUT2D eigenvalue weighted by molar-refractivity contribution is 7.17. The molecule has 1 amide bonds. The van der Waals surface area contributed by atoms with E-state index < -0.39 is 5.97 Å². The molecule has 7 heteroatoms. The zero-order valence-electron chi connectivity index (χ0n) is 14.6. The van der Waals surface area contributed by atoms with E-state index in [-0.39, 0.29) is 5.91 Å². The average Bonchev–Trinajstić information content (AvgIpc) is 3.05. The first kappa shape index (κ1) is 17.8. The van der Waals surface area contributed by atoms with Crippen molar-refractivity contribution in [2.45, 2.75) is 13.8 Å². The number of benzene rings is 1. The van der Waals surface area contributed by atoms with E-state index in [2.05, 4.69) is 15.3 Å². The van der Waals surface area contributed by atoms with Gasteiger partial charge in [0.05, 0.1) is 29.7 Å². The van der Waals surface area contributed by atoms with E-state index in [4.69, 9.17) is 4.74 Å². The van der Waals surface area contributed by atoms with Crippen molar-refractivity contribution >= 4 is 28.9 Å². The number of amides is 1. The van der Waals surface area contributed by atoms with E-state index in [1.54, 1.807) is 25.3 Å². The van der Waals surface area contributed by atoms with Gasteiger partial charge in [-0.15, -0.1) is 11.3 Å². The molecule has 2 heterocycles. The predicted octanol–water partition coefficient (Wildman–Crippen LogP) is 3.86. The number of nitrogens with zero attached hydrogens (tertiary/aromatic N) is 2. The third-order valence-electron chi connectivity index (χ3n) is 3.72. The van der Waals surface area contributed by atoms with Crippen molar-refractivity contribution in [1.29, 1.82) is 0 Å². The van der Waals surface area contributed by atoms with Crippen LogP contribution in [0.15, 0.2) is 42.6 Å². The molecule has 6 nitrogen and oxygen atoms in total. The molecule has 0 aliphatic heterocycles. The van der Waals surface area contributed by atoms with Gasteiger partial charge >= 0.3 is 5.97 Å². The SMILES string of the molecule is COC(=O)c1cc(C)ccc1NC(=O)c1sc(-c2ccccn2)nc1C. The van der Waals surface area contributed by atoms with Gasteiger partial charge in [0.25, 0.3) is 5.91 Å². The second kappa shape index (κ2) is 7.45. The molecular weight excluding hydrogens is 350 g/mol. The number of aryl methyl sites for hydroxylation is 2. The number of pyridine rings is 1. The van der Waals surface area contributed by atoms with E-state index >= 15 is 0 Å². The summed E-state index contributed by atoms with van der Waals surface area (Å²) < 4.78 is 4.80. The Balaban J connectivity index is 1.90. The van der Waals surface area contributed by atoms with E-state index in [1.807, 2.05) is 31.2 Å². The van der Waals surface area contributed by atoms with Crippen LogP contribution in [0, 0.1) is 13.8 Å². The standard InChI is InChI=1S/C19H17N3O3S/c1-11-7-8-14(13(10-11)19(24)25-3)22-17(23)16-12(2)21-18(26-16)15-6-4-5-9-20-15/h4-10H,1-3H3,(H,22,23). The number of methoxy groups -OCH3 is 1. The Hall–Kier alpha value is -3.06. The van der Waals surface area contributed by atoms with Crippen LogP contribution in [-0.2, 0) is 4.74 Å². The first-order valence-electron chi connectivity index (χ1n) is 7.88. The highest BCUT2D eigenvalue weighted by Crippen LogP contribution is 2.28. The molecule has 0 fully saturated rings. The van der Waals surface area contributed by atoms with Crippen molar-refractivity contribution in [3.63, 3.8) is 0 Å². The van der Waals surface area contributed by atoms with Gasteiger partial charge in [0.1, 0.15) is 9.88 Å². The lowest BCUT2D eigenvalue weighted by molar-refractivity contribution is 0.0602. The molecule has 26 heavy (non-hydrogen) atoms. The molecule has 132 valence electrons. The van der Waals surface area contributed by atoms with Gasteiger partial charge in [-0.2, -0.15) is 0 Å². The quantitative estimate of drug-likeness (QED) is 0.708. The molecule has 0 aliphatic carbocycles. The van der Waals surface area contributed by atoms with E-state index in [0.717, 1.165) is 5.56 Å². The minimum absolute atomic E-state index is 0.313. The van der Waals surface area contributed by atoms with Crippen molar-refractivity contribution in [2.24, 2.45) is 0 Å². The first-order valence-corrected chi connectivity index (χ1v) is 8.70. The molecule has 0 spiro atoms. The number of carbonyl (C=O) groups excluding carboxylic acids is 2. The largest absolute Gasteiger partial charge is 0.465 e. The summed E-state index contributed by atoms with van der Waals surface area (Å²) in [6.07, 6.45) is 1.68. The molecule has 3 rings (SSSR count). The first-order chi connectivity index (χ1) is 12.5. The molecule has 0 radical (unpaired) electrons. The summed E-state index contributed by atoms with van der Waals surface area (Å²) in [5.74, 6) is -0.824. The Kier molecular flexibility index (Phi) is 5.09. The lowest BCUT2D eigenvalue weighted by Crippen LogP contribution is -2.15. The Morgan fingerprint density at radius 3 is 2.65 bits per heavy atom. The Labute approximate surface area is 154 Å². The minimum atomic E-state index is -0.501. The minimum Gasteiger partial charge on any atom is -0.465 e. The number of carbonyl (C=O) groups is 2. The second-order valence-electron chi connectivity index (χ2n) is 5.64. The van der Waals surface area contributed by atoms with Crippen molar-refractivity contribution in [3.8, 4) is 10.7 Å². The smallest absolute Gasteiger partial charge is 0.339 e. The Morgan fingerprint density at radius 2 is 1.96 bits per heavy atom. The van der Waals surface area contributed by atoms with Crippen LogP contribution in [0.1, 0.15) is 31.3 Å². The topological polar surface area (TPSA) is 81.2 Å². The van der Waals surface area contributed by atoms with Crippen LogP contribution >= 0.6 is 11.3 Å². The van der Waals surface area contributed by atoms with E-state index in [0.29, 0.717) is 32.5 Å². The number of esters is 1. The van der Waals surface area contributed by atoms with E-state index in [1.165, 1.54) is 18.4 Å². The van der Waals surface area contributed by atoms with Gasteiger partial charge < -0.3 is 10.1 Å². The highest BCUT2D eigenvalue weighted by atomic mass is 32.1. The average molecular weight is 367 g/mol. The van der Waals surface area contributed by atoms with Crippen LogP contribution in [0.4, 0.5) is 5.69 Å². The van der Waals surface area contributed by atoms with Crippen molar-refractivity contribution in [1.82, 2.24) is 9.97 Å². The molecule has 3 aromatic rings. The molecule has 0 aliphatic rings. The Bertz CT molecular complexity index is 967. The molecule has 2 aromatic heterocycles. The predicted molar refractivity (Wildman–Crippen MR) is 101 cm³/mol. The lowest BCUT2D eigenvalue weighted by Gasteiger charge is -2.10. The second-order valence-corrected chi connectivity index (χ2v) is 6.64. The maximum Gasteiger partial charge on any atom is 0.339 e. The Morgan fingerprint density at radius 1 is 1.15 bits per heavy atom. The van der Waals surface area contributed by atoms with Gasteiger partial charge in [0.2, 0.25) is 0 Å². The number of thiazole rings is 1. The molecular formula is C19H17N3O3S. The van der Waals surface area contributed by atoms with Crippen molar-refractivity contribution in [2.75, 3.05) is 12.4 Å². The van der Waals surface area contributed by atoms with Crippen LogP contribution in [0.3, 0.4) is 0 Å². The van der Waals surface area contributed by atoms with Crippen LogP contribution in [0.2, 0.25) is 0 Å². The van der Waals surface area contributed by atoms with Gasteiger partial charge in [-0.3, -0.25) is 9.78 Å². The summed E-state index contributed by atoms with van der Waals surface area (Å²) in [5.41, 5.74) is 2.94.